The summed E-state index contributed by atoms with van der Waals surface area (Å²) in [7, 11) is 1.70. The predicted octanol–water partition coefficient (Wildman–Crippen LogP) is 5.28. The van der Waals surface area contributed by atoms with E-state index in [1.807, 2.05) is 42.5 Å². The van der Waals surface area contributed by atoms with Gasteiger partial charge in [-0.15, -0.1) is 0 Å². The minimum Gasteiger partial charge on any atom is -0.497 e. The Morgan fingerprint density at radius 2 is 1.75 bits per heavy atom. The summed E-state index contributed by atoms with van der Waals surface area (Å²) in [5.74, 6) is 7.40. The van der Waals surface area contributed by atoms with E-state index in [-0.39, 0.29) is 5.41 Å². The SMILES string of the molecule is CCC1(c2ccc(OC)cc2)C=CC(C#Cc2ccccc2)=CC1. The topological polar surface area (TPSA) is 9.23 Å². The Labute approximate surface area is 144 Å². The third-order valence-electron chi connectivity index (χ3n) is 4.69. The lowest BCUT2D eigenvalue weighted by molar-refractivity contribution is 0.414. The highest BCUT2D eigenvalue weighted by Gasteiger charge is 2.28. The third-order valence-corrected chi connectivity index (χ3v) is 4.69. The zero-order chi connectivity index (χ0) is 16.8. The summed E-state index contributed by atoms with van der Waals surface area (Å²) in [6.45, 7) is 2.24. The van der Waals surface area contributed by atoms with Gasteiger partial charge in [-0.25, -0.2) is 0 Å². The average molecular weight is 314 g/mol. The van der Waals surface area contributed by atoms with Crippen LogP contribution >= 0.6 is 0 Å². The molecule has 24 heavy (non-hydrogen) atoms. The third kappa shape index (κ3) is 3.44. The number of hydrogen-bond donors (Lipinski definition) is 0. The Kier molecular flexibility index (Phi) is 4.87. The molecule has 1 aliphatic rings. The summed E-state index contributed by atoms with van der Waals surface area (Å²) in [6.07, 6.45) is 8.76. The van der Waals surface area contributed by atoms with Crippen LogP contribution in [0.2, 0.25) is 0 Å². The van der Waals surface area contributed by atoms with Crippen molar-refractivity contribution in [1.29, 1.82) is 0 Å². The number of allylic oxidation sites excluding steroid dienone is 4. The van der Waals surface area contributed by atoms with Crippen LogP contribution in [0.25, 0.3) is 0 Å². The maximum atomic E-state index is 5.27. The number of benzene rings is 2. The van der Waals surface area contributed by atoms with Crippen LogP contribution in [0.5, 0.6) is 5.75 Å². The van der Waals surface area contributed by atoms with Crippen molar-refractivity contribution in [2.24, 2.45) is 0 Å². The fraction of sp³-hybridized carbons (Fsp3) is 0.217. The van der Waals surface area contributed by atoms with Gasteiger partial charge < -0.3 is 4.74 Å². The molecule has 0 heterocycles. The number of methoxy groups -OCH3 is 1. The van der Waals surface area contributed by atoms with Crippen molar-refractivity contribution in [3.8, 4) is 17.6 Å². The second-order valence-corrected chi connectivity index (χ2v) is 6.05. The predicted molar refractivity (Wildman–Crippen MR) is 100 cm³/mol. The van der Waals surface area contributed by atoms with E-state index in [0.29, 0.717) is 0 Å². The van der Waals surface area contributed by atoms with Crippen LogP contribution in [0.15, 0.2) is 78.4 Å². The Morgan fingerprint density at radius 3 is 2.33 bits per heavy atom. The van der Waals surface area contributed by atoms with Gasteiger partial charge in [-0.05, 0) is 48.7 Å². The molecule has 0 radical (unpaired) electrons. The fourth-order valence-electron chi connectivity index (χ4n) is 3.04. The molecule has 0 spiro atoms. The van der Waals surface area contributed by atoms with Crippen molar-refractivity contribution in [3.63, 3.8) is 0 Å². The maximum absolute atomic E-state index is 5.27. The Bertz CT molecular complexity index is 801. The lowest BCUT2D eigenvalue weighted by Gasteiger charge is -2.31. The second kappa shape index (κ2) is 7.23. The van der Waals surface area contributed by atoms with Gasteiger partial charge in [-0.3, -0.25) is 0 Å². The van der Waals surface area contributed by atoms with E-state index in [1.54, 1.807) is 7.11 Å². The Morgan fingerprint density at radius 1 is 1.00 bits per heavy atom. The quantitative estimate of drug-likeness (QED) is 0.700. The average Bonchev–Trinajstić information content (AvgIpc) is 2.68. The summed E-state index contributed by atoms with van der Waals surface area (Å²) in [6, 6.07) is 18.5. The molecule has 1 heteroatoms. The molecule has 0 N–H and O–H groups in total. The molecule has 0 amide bonds. The van der Waals surface area contributed by atoms with E-state index >= 15 is 0 Å². The van der Waals surface area contributed by atoms with E-state index < -0.39 is 0 Å². The van der Waals surface area contributed by atoms with Crippen molar-refractivity contribution < 1.29 is 4.74 Å². The van der Waals surface area contributed by atoms with Gasteiger partial charge in [0.25, 0.3) is 0 Å². The molecule has 0 aliphatic heterocycles. The molecule has 0 fully saturated rings. The molecule has 2 aromatic rings. The first kappa shape index (κ1) is 16.1. The molecule has 2 aromatic carbocycles. The first-order valence-corrected chi connectivity index (χ1v) is 8.37. The summed E-state index contributed by atoms with van der Waals surface area (Å²) >= 11 is 0. The molecule has 1 unspecified atom stereocenters. The molecule has 0 bridgehead atoms. The molecule has 0 saturated carbocycles. The molecule has 1 atom stereocenters. The van der Waals surface area contributed by atoms with Gasteiger partial charge in [0.1, 0.15) is 5.75 Å². The van der Waals surface area contributed by atoms with E-state index in [4.69, 9.17) is 4.74 Å². The summed E-state index contributed by atoms with van der Waals surface area (Å²) in [5, 5.41) is 0. The van der Waals surface area contributed by atoms with Crippen molar-refractivity contribution >= 4 is 0 Å². The normalized spacial score (nSPS) is 19.2. The molecular weight excluding hydrogens is 292 g/mol. The van der Waals surface area contributed by atoms with Gasteiger partial charge in [-0.1, -0.05) is 61.2 Å². The first-order chi connectivity index (χ1) is 11.8. The molecule has 3 rings (SSSR count). The molecule has 0 aromatic heterocycles. The Balaban J connectivity index is 1.79. The standard InChI is InChI=1S/C23H22O/c1-3-23(21-11-13-22(24-2)14-12-21)17-15-20(16-18-23)10-9-19-7-5-4-6-8-19/h4-8,11-17H,3,18H2,1-2H3. The first-order valence-electron chi connectivity index (χ1n) is 8.37. The number of hydrogen-bond acceptors (Lipinski definition) is 1. The highest BCUT2D eigenvalue weighted by atomic mass is 16.5. The maximum Gasteiger partial charge on any atom is 0.118 e. The highest BCUT2D eigenvalue weighted by Crippen LogP contribution is 2.37. The van der Waals surface area contributed by atoms with Crippen LogP contribution in [-0.2, 0) is 5.41 Å². The minimum absolute atomic E-state index is 0.0597. The molecule has 1 aliphatic carbocycles. The van der Waals surface area contributed by atoms with Crippen molar-refractivity contribution in [2.75, 3.05) is 7.11 Å². The summed E-state index contributed by atoms with van der Waals surface area (Å²) < 4.78 is 5.27. The van der Waals surface area contributed by atoms with Crippen LogP contribution in [-0.4, -0.2) is 7.11 Å². The fourth-order valence-corrected chi connectivity index (χ4v) is 3.04. The Hall–Kier alpha value is -2.72. The van der Waals surface area contributed by atoms with Gasteiger partial charge in [0.15, 0.2) is 0 Å². The van der Waals surface area contributed by atoms with Crippen LogP contribution in [0.3, 0.4) is 0 Å². The van der Waals surface area contributed by atoms with Crippen molar-refractivity contribution in [2.45, 2.75) is 25.2 Å². The van der Waals surface area contributed by atoms with Gasteiger partial charge >= 0.3 is 0 Å². The molecular formula is C23H22O. The van der Waals surface area contributed by atoms with Crippen molar-refractivity contribution in [1.82, 2.24) is 0 Å². The van der Waals surface area contributed by atoms with E-state index in [1.165, 1.54) is 5.56 Å². The smallest absolute Gasteiger partial charge is 0.118 e. The van der Waals surface area contributed by atoms with E-state index in [0.717, 1.165) is 29.7 Å². The second-order valence-electron chi connectivity index (χ2n) is 6.05. The number of ether oxygens (including phenoxy) is 1. The largest absolute Gasteiger partial charge is 0.497 e. The van der Waals surface area contributed by atoms with E-state index in [9.17, 15) is 0 Å². The molecule has 1 nitrogen and oxygen atoms in total. The summed E-state index contributed by atoms with van der Waals surface area (Å²) in [5.41, 5.74) is 3.53. The van der Waals surface area contributed by atoms with Crippen LogP contribution in [0.4, 0.5) is 0 Å². The molecule has 120 valence electrons. The van der Waals surface area contributed by atoms with Gasteiger partial charge in [0, 0.05) is 16.6 Å². The molecule has 0 saturated heterocycles. The van der Waals surface area contributed by atoms with Gasteiger partial charge in [0.2, 0.25) is 0 Å². The summed E-state index contributed by atoms with van der Waals surface area (Å²) in [4.78, 5) is 0. The zero-order valence-electron chi connectivity index (χ0n) is 14.3. The van der Waals surface area contributed by atoms with Crippen LogP contribution in [0, 0.1) is 11.8 Å². The van der Waals surface area contributed by atoms with Crippen LogP contribution in [0.1, 0.15) is 30.9 Å². The van der Waals surface area contributed by atoms with Gasteiger partial charge in [-0.2, -0.15) is 0 Å². The van der Waals surface area contributed by atoms with Crippen LogP contribution < -0.4 is 4.74 Å². The lowest BCUT2D eigenvalue weighted by Crippen LogP contribution is -2.23. The zero-order valence-corrected chi connectivity index (χ0v) is 14.3. The van der Waals surface area contributed by atoms with Crippen molar-refractivity contribution in [3.05, 3.63) is 89.5 Å². The monoisotopic (exact) mass is 314 g/mol. The highest BCUT2D eigenvalue weighted by molar-refractivity contribution is 5.49. The van der Waals surface area contributed by atoms with Gasteiger partial charge in [0.05, 0.1) is 7.11 Å². The van der Waals surface area contributed by atoms with E-state index in [2.05, 4.69) is 49.1 Å². The lowest BCUT2D eigenvalue weighted by atomic mass is 9.72. The number of rotatable bonds is 3. The minimum atomic E-state index is 0.0597.